The first-order valence-electron chi connectivity index (χ1n) is 9.62. The number of hydrogen-bond donors (Lipinski definition) is 1. The van der Waals surface area contributed by atoms with E-state index in [1.165, 1.54) is 7.11 Å². The predicted octanol–water partition coefficient (Wildman–Crippen LogP) is 2.28. The van der Waals surface area contributed by atoms with E-state index in [0.717, 1.165) is 36.7 Å². The highest BCUT2D eigenvalue weighted by Gasteiger charge is 2.18. The van der Waals surface area contributed by atoms with Gasteiger partial charge in [0.25, 0.3) is 5.56 Å². The van der Waals surface area contributed by atoms with Crippen LogP contribution in [0.3, 0.4) is 0 Å². The summed E-state index contributed by atoms with van der Waals surface area (Å²) < 4.78 is 7.93. The van der Waals surface area contributed by atoms with Crippen LogP contribution >= 0.6 is 0 Å². The molecule has 2 rings (SSSR count). The van der Waals surface area contributed by atoms with E-state index in [0.29, 0.717) is 29.7 Å². The number of nitrogens with zero attached hydrogens (tertiary/aromatic N) is 2. The third kappa shape index (κ3) is 4.78. The molecule has 7 nitrogen and oxygen atoms in total. The van der Waals surface area contributed by atoms with Crippen LogP contribution in [-0.4, -0.2) is 28.7 Å². The lowest BCUT2D eigenvalue weighted by atomic mass is 10.2. The van der Waals surface area contributed by atoms with Crippen LogP contribution in [0.15, 0.2) is 27.8 Å². The van der Waals surface area contributed by atoms with E-state index in [2.05, 4.69) is 12.2 Å². The van der Waals surface area contributed by atoms with Crippen molar-refractivity contribution in [1.82, 2.24) is 14.5 Å². The summed E-state index contributed by atoms with van der Waals surface area (Å²) in [5, 5.41) is 3.09. The molecule has 27 heavy (non-hydrogen) atoms. The zero-order chi connectivity index (χ0) is 19.8. The van der Waals surface area contributed by atoms with Gasteiger partial charge in [-0.3, -0.25) is 18.7 Å². The van der Waals surface area contributed by atoms with Gasteiger partial charge in [-0.25, -0.2) is 4.79 Å². The van der Waals surface area contributed by atoms with Gasteiger partial charge in [0.05, 0.1) is 12.6 Å². The van der Waals surface area contributed by atoms with E-state index < -0.39 is 11.2 Å². The fourth-order valence-corrected chi connectivity index (χ4v) is 3.08. The zero-order valence-electron chi connectivity index (χ0n) is 16.4. The predicted molar refractivity (Wildman–Crippen MR) is 106 cm³/mol. The van der Waals surface area contributed by atoms with E-state index in [4.69, 9.17) is 4.74 Å². The second-order valence-electron chi connectivity index (χ2n) is 6.59. The van der Waals surface area contributed by atoms with Crippen molar-refractivity contribution in [2.24, 2.45) is 0 Å². The van der Waals surface area contributed by atoms with Gasteiger partial charge in [0.15, 0.2) is 0 Å². The average molecular weight is 375 g/mol. The van der Waals surface area contributed by atoms with E-state index in [9.17, 15) is 14.4 Å². The lowest BCUT2D eigenvalue weighted by Crippen LogP contribution is -2.44. The molecule has 1 N–H and O–H groups in total. The average Bonchev–Trinajstić information content (AvgIpc) is 2.67. The number of unbranched alkanes of at least 4 members (excludes halogenated alkanes) is 3. The Balaban J connectivity index is 2.54. The van der Waals surface area contributed by atoms with Crippen LogP contribution in [0.4, 0.5) is 0 Å². The standard InChI is InChI=1S/C20H29N3O4/c1-4-6-8-13-22-15-10-9-11-16(27-3)18(15)19(25)23(20(22)26)14-17(24)21-12-7-5-2/h9-11H,4-8,12-14H2,1-3H3,(H,21,24). The van der Waals surface area contributed by atoms with Crippen molar-refractivity contribution in [3.05, 3.63) is 39.0 Å². The minimum atomic E-state index is -0.496. The first-order chi connectivity index (χ1) is 13.0. The zero-order valence-corrected chi connectivity index (χ0v) is 16.4. The van der Waals surface area contributed by atoms with E-state index in [-0.39, 0.29) is 12.5 Å². The maximum atomic E-state index is 13.0. The number of ether oxygens (including phenoxy) is 1. The monoisotopic (exact) mass is 375 g/mol. The lowest BCUT2D eigenvalue weighted by Gasteiger charge is -2.15. The summed E-state index contributed by atoms with van der Waals surface area (Å²) >= 11 is 0. The van der Waals surface area contributed by atoms with Crippen molar-refractivity contribution in [3.63, 3.8) is 0 Å². The summed E-state index contributed by atoms with van der Waals surface area (Å²) in [5.41, 5.74) is -0.407. The summed E-state index contributed by atoms with van der Waals surface area (Å²) in [5.74, 6) is 0.0684. The molecule has 0 radical (unpaired) electrons. The molecule has 0 aliphatic carbocycles. The number of fused-ring (bicyclic) bond motifs is 1. The number of rotatable bonds is 10. The van der Waals surface area contributed by atoms with Gasteiger partial charge in [0, 0.05) is 13.1 Å². The largest absolute Gasteiger partial charge is 0.496 e. The molecule has 7 heteroatoms. The van der Waals surface area contributed by atoms with Gasteiger partial charge in [-0.15, -0.1) is 0 Å². The second-order valence-corrected chi connectivity index (χ2v) is 6.59. The molecular weight excluding hydrogens is 346 g/mol. The number of hydrogen-bond acceptors (Lipinski definition) is 4. The molecule has 0 bridgehead atoms. The Morgan fingerprint density at radius 1 is 1.07 bits per heavy atom. The Morgan fingerprint density at radius 2 is 1.81 bits per heavy atom. The molecule has 0 unspecified atom stereocenters. The van der Waals surface area contributed by atoms with Crippen LogP contribution in [0.25, 0.3) is 10.9 Å². The van der Waals surface area contributed by atoms with Crippen LogP contribution in [0.1, 0.15) is 46.0 Å². The minimum Gasteiger partial charge on any atom is -0.496 e. The maximum absolute atomic E-state index is 13.0. The van der Waals surface area contributed by atoms with Crippen LogP contribution in [0.2, 0.25) is 0 Å². The van der Waals surface area contributed by atoms with E-state index in [1.54, 1.807) is 22.8 Å². The Kier molecular flexibility index (Phi) is 7.64. The molecule has 0 atom stereocenters. The van der Waals surface area contributed by atoms with Crippen molar-refractivity contribution >= 4 is 16.8 Å². The highest BCUT2D eigenvalue weighted by Crippen LogP contribution is 2.21. The molecular formula is C20H29N3O4. The van der Waals surface area contributed by atoms with Crippen LogP contribution in [0, 0.1) is 0 Å². The van der Waals surface area contributed by atoms with Gasteiger partial charge < -0.3 is 10.1 Å². The SMILES string of the molecule is CCCCCn1c(=O)n(CC(=O)NCCCC)c(=O)c2c(OC)cccc21. The summed E-state index contributed by atoms with van der Waals surface area (Å²) in [6, 6.07) is 5.20. The van der Waals surface area contributed by atoms with Gasteiger partial charge >= 0.3 is 5.69 Å². The molecule has 148 valence electrons. The van der Waals surface area contributed by atoms with Crippen LogP contribution < -0.4 is 21.3 Å². The topological polar surface area (TPSA) is 82.3 Å². The first-order valence-corrected chi connectivity index (χ1v) is 9.62. The van der Waals surface area contributed by atoms with Crippen LogP contribution in [-0.2, 0) is 17.9 Å². The highest BCUT2D eigenvalue weighted by atomic mass is 16.5. The molecule has 0 aliphatic rings. The quantitative estimate of drug-likeness (QED) is 0.646. The summed E-state index contributed by atoms with van der Waals surface area (Å²) in [7, 11) is 1.49. The molecule has 0 spiro atoms. The molecule has 1 heterocycles. The first kappa shape index (κ1) is 20.7. The Morgan fingerprint density at radius 3 is 2.48 bits per heavy atom. The Hall–Kier alpha value is -2.57. The number of nitrogens with one attached hydrogen (secondary N) is 1. The maximum Gasteiger partial charge on any atom is 0.331 e. The molecule has 2 aromatic rings. The van der Waals surface area contributed by atoms with Crippen molar-refractivity contribution in [2.75, 3.05) is 13.7 Å². The molecule has 1 aromatic carbocycles. The summed E-state index contributed by atoms with van der Waals surface area (Å²) in [6.45, 7) is 4.86. The minimum absolute atomic E-state index is 0.289. The number of methoxy groups -OCH3 is 1. The van der Waals surface area contributed by atoms with Gasteiger partial charge in [0.2, 0.25) is 5.91 Å². The number of amides is 1. The summed E-state index contributed by atoms with van der Waals surface area (Å²) in [4.78, 5) is 38.1. The number of carbonyl (C=O) groups is 1. The molecule has 1 amide bonds. The number of carbonyl (C=O) groups excluding carboxylic acids is 1. The number of aryl methyl sites for hydroxylation is 1. The van der Waals surface area contributed by atoms with Gasteiger partial charge in [0.1, 0.15) is 17.7 Å². The normalized spacial score (nSPS) is 10.9. The van der Waals surface area contributed by atoms with Crippen molar-refractivity contribution in [3.8, 4) is 5.75 Å². The fourth-order valence-electron chi connectivity index (χ4n) is 3.08. The van der Waals surface area contributed by atoms with Gasteiger partial charge in [-0.2, -0.15) is 0 Å². The highest BCUT2D eigenvalue weighted by molar-refractivity contribution is 5.85. The molecule has 0 fully saturated rings. The molecule has 0 aliphatic heterocycles. The number of aromatic nitrogens is 2. The smallest absolute Gasteiger partial charge is 0.331 e. The van der Waals surface area contributed by atoms with Crippen molar-refractivity contribution in [2.45, 2.75) is 59.0 Å². The van der Waals surface area contributed by atoms with E-state index >= 15 is 0 Å². The van der Waals surface area contributed by atoms with Crippen molar-refractivity contribution < 1.29 is 9.53 Å². The van der Waals surface area contributed by atoms with Gasteiger partial charge in [-0.05, 0) is 25.0 Å². The number of benzene rings is 1. The van der Waals surface area contributed by atoms with Gasteiger partial charge in [-0.1, -0.05) is 39.2 Å². The van der Waals surface area contributed by atoms with Crippen LogP contribution in [0.5, 0.6) is 5.75 Å². The molecule has 1 aromatic heterocycles. The molecule has 0 saturated carbocycles. The third-order valence-electron chi connectivity index (χ3n) is 4.58. The Labute approximate surface area is 158 Å². The Bertz CT molecular complexity index is 898. The second kappa shape index (κ2) is 9.94. The lowest BCUT2D eigenvalue weighted by molar-refractivity contribution is -0.121. The molecule has 0 saturated heterocycles. The third-order valence-corrected chi connectivity index (χ3v) is 4.58. The van der Waals surface area contributed by atoms with E-state index in [1.807, 2.05) is 6.92 Å². The summed E-state index contributed by atoms with van der Waals surface area (Å²) in [6.07, 6.45) is 4.64. The fraction of sp³-hybridized carbons (Fsp3) is 0.550. The van der Waals surface area contributed by atoms with Crippen molar-refractivity contribution in [1.29, 1.82) is 0 Å².